The maximum Gasteiger partial charge on any atom is 0.265 e. The van der Waals surface area contributed by atoms with Crippen LogP contribution in [0.2, 0.25) is 0 Å². The average Bonchev–Trinajstić information content (AvgIpc) is 2.66. The molecular weight excluding hydrogens is 340 g/mol. The molecule has 27 heavy (non-hydrogen) atoms. The van der Waals surface area contributed by atoms with Crippen LogP contribution < -0.4 is 15.0 Å². The number of unbranched alkanes of at least 4 members (excludes halogenated alkanes) is 1. The topological polar surface area (TPSA) is 58.6 Å². The number of nitrogens with one attached hydrogen (secondary N) is 1. The number of amides is 2. The van der Waals surface area contributed by atoms with Gasteiger partial charge in [-0.1, -0.05) is 26.2 Å². The molecule has 5 nitrogen and oxygen atoms in total. The Hall–Kier alpha value is -2.04. The van der Waals surface area contributed by atoms with Crippen molar-refractivity contribution in [1.29, 1.82) is 0 Å². The fourth-order valence-corrected chi connectivity index (χ4v) is 4.27. The molecule has 148 valence electrons. The Kier molecular flexibility index (Phi) is 6.40. The quantitative estimate of drug-likeness (QED) is 0.783. The molecule has 0 saturated heterocycles. The monoisotopic (exact) mass is 372 g/mol. The van der Waals surface area contributed by atoms with Crippen molar-refractivity contribution in [1.82, 2.24) is 0 Å². The number of carbonyl (C=O) groups is 2. The number of hydrogen-bond acceptors (Lipinski definition) is 3. The van der Waals surface area contributed by atoms with Gasteiger partial charge in [0, 0.05) is 17.6 Å². The Morgan fingerprint density at radius 1 is 1.26 bits per heavy atom. The molecular formula is C22H32N2O3. The highest BCUT2D eigenvalue weighted by Gasteiger charge is 2.29. The molecule has 0 spiro atoms. The summed E-state index contributed by atoms with van der Waals surface area (Å²) in [5, 5.41) is 3.06. The second-order valence-corrected chi connectivity index (χ2v) is 8.18. The van der Waals surface area contributed by atoms with E-state index < -0.39 is 0 Å². The summed E-state index contributed by atoms with van der Waals surface area (Å²) in [6.45, 7) is 6.26. The SMILES string of the molecule is CCCCC1CCC(C(=O)Nc2ccc3c(c2)N(C(C)C)C(=O)CO3)CC1. The van der Waals surface area contributed by atoms with E-state index in [2.05, 4.69) is 12.2 Å². The zero-order valence-corrected chi connectivity index (χ0v) is 16.8. The van der Waals surface area contributed by atoms with Crippen LogP contribution in [-0.2, 0) is 9.59 Å². The summed E-state index contributed by atoms with van der Waals surface area (Å²) in [4.78, 5) is 26.7. The number of rotatable bonds is 6. The molecule has 1 heterocycles. The van der Waals surface area contributed by atoms with Gasteiger partial charge in [0.15, 0.2) is 6.61 Å². The van der Waals surface area contributed by atoms with Crippen LogP contribution in [0, 0.1) is 11.8 Å². The van der Waals surface area contributed by atoms with Gasteiger partial charge in [-0.15, -0.1) is 0 Å². The maximum absolute atomic E-state index is 12.7. The fourth-order valence-electron chi connectivity index (χ4n) is 4.27. The minimum absolute atomic E-state index is 0.0458. The second kappa shape index (κ2) is 8.77. The second-order valence-electron chi connectivity index (χ2n) is 8.18. The lowest BCUT2D eigenvalue weighted by molar-refractivity contribution is -0.122. The van der Waals surface area contributed by atoms with Crippen molar-refractivity contribution < 1.29 is 14.3 Å². The van der Waals surface area contributed by atoms with Gasteiger partial charge in [-0.25, -0.2) is 0 Å². The maximum atomic E-state index is 12.7. The van der Waals surface area contributed by atoms with E-state index in [-0.39, 0.29) is 30.4 Å². The van der Waals surface area contributed by atoms with Crippen LogP contribution in [0.4, 0.5) is 11.4 Å². The number of hydrogen-bond donors (Lipinski definition) is 1. The summed E-state index contributed by atoms with van der Waals surface area (Å²) in [5.41, 5.74) is 1.47. The molecule has 1 fully saturated rings. The predicted octanol–water partition coefficient (Wildman–Crippen LogP) is 4.76. The molecule has 1 aliphatic heterocycles. The summed E-state index contributed by atoms with van der Waals surface area (Å²) >= 11 is 0. The van der Waals surface area contributed by atoms with Crippen molar-refractivity contribution in [2.24, 2.45) is 11.8 Å². The van der Waals surface area contributed by atoms with Crippen LogP contribution >= 0.6 is 0 Å². The highest BCUT2D eigenvalue weighted by molar-refractivity contribution is 6.00. The van der Waals surface area contributed by atoms with Gasteiger partial charge in [0.2, 0.25) is 5.91 Å². The van der Waals surface area contributed by atoms with Crippen molar-refractivity contribution in [3.63, 3.8) is 0 Å². The Balaban J connectivity index is 1.63. The van der Waals surface area contributed by atoms with Gasteiger partial charge >= 0.3 is 0 Å². The van der Waals surface area contributed by atoms with Crippen molar-refractivity contribution in [3.05, 3.63) is 18.2 Å². The van der Waals surface area contributed by atoms with Gasteiger partial charge in [-0.3, -0.25) is 9.59 Å². The van der Waals surface area contributed by atoms with Gasteiger partial charge < -0.3 is 15.0 Å². The van der Waals surface area contributed by atoms with E-state index in [0.717, 1.165) is 43.0 Å². The fraction of sp³-hybridized carbons (Fsp3) is 0.636. The molecule has 2 aliphatic rings. The first-order chi connectivity index (χ1) is 13.0. The molecule has 1 aromatic carbocycles. The highest BCUT2D eigenvalue weighted by Crippen LogP contribution is 2.37. The molecule has 1 aliphatic carbocycles. The van der Waals surface area contributed by atoms with Crippen molar-refractivity contribution in [2.45, 2.75) is 71.8 Å². The average molecular weight is 373 g/mol. The first-order valence-electron chi connectivity index (χ1n) is 10.4. The van der Waals surface area contributed by atoms with Crippen LogP contribution in [0.1, 0.15) is 65.7 Å². The third-order valence-electron chi connectivity index (χ3n) is 5.81. The summed E-state index contributed by atoms with van der Waals surface area (Å²) in [6.07, 6.45) is 8.12. The molecule has 1 saturated carbocycles. The predicted molar refractivity (Wildman–Crippen MR) is 108 cm³/mol. The van der Waals surface area contributed by atoms with Crippen LogP contribution in [0.3, 0.4) is 0 Å². The zero-order chi connectivity index (χ0) is 19.4. The Labute approximate surface area is 162 Å². The smallest absolute Gasteiger partial charge is 0.265 e. The molecule has 0 atom stereocenters. The van der Waals surface area contributed by atoms with E-state index in [0.29, 0.717) is 5.75 Å². The van der Waals surface area contributed by atoms with Crippen molar-refractivity contribution in [2.75, 3.05) is 16.8 Å². The van der Waals surface area contributed by atoms with E-state index in [4.69, 9.17) is 4.74 Å². The number of carbonyl (C=O) groups excluding carboxylic acids is 2. The molecule has 1 aromatic rings. The third-order valence-corrected chi connectivity index (χ3v) is 5.81. The number of benzene rings is 1. The summed E-state index contributed by atoms with van der Waals surface area (Å²) in [7, 11) is 0. The first-order valence-corrected chi connectivity index (χ1v) is 10.4. The van der Waals surface area contributed by atoms with Crippen LogP contribution in [0.15, 0.2) is 18.2 Å². The zero-order valence-electron chi connectivity index (χ0n) is 16.8. The molecule has 0 bridgehead atoms. The summed E-state index contributed by atoms with van der Waals surface area (Å²) in [5.74, 6) is 1.63. The van der Waals surface area contributed by atoms with Crippen LogP contribution in [0.25, 0.3) is 0 Å². The summed E-state index contributed by atoms with van der Waals surface area (Å²) < 4.78 is 5.53. The standard InChI is InChI=1S/C22H32N2O3/c1-4-5-6-16-7-9-17(10-8-16)22(26)23-18-11-12-20-19(13-18)24(15(2)3)21(25)14-27-20/h11-13,15-17H,4-10,14H2,1-3H3,(H,23,26). The van der Waals surface area contributed by atoms with Gasteiger partial charge in [-0.05, 0) is 63.6 Å². The molecule has 2 amide bonds. The van der Waals surface area contributed by atoms with Gasteiger partial charge in [0.1, 0.15) is 5.75 Å². The molecule has 3 rings (SSSR count). The van der Waals surface area contributed by atoms with E-state index in [9.17, 15) is 9.59 Å². The van der Waals surface area contributed by atoms with Gasteiger partial charge in [0.05, 0.1) is 5.69 Å². The normalized spacial score (nSPS) is 22.4. The van der Waals surface area contributed by atoms with Crippen molar-refractivity contribution in [3.8, 4) is 5.75 Å². The number of fused-ring (bicyclic) bond motifs is 1. The number of ether oxygens (including phenoxy) is 1. The lowest BCUT2D eigenvalue weighted by atomic mass is 9.79. The van der Waals surface area contributed by atoms with Crippen molar-refractivity contribution >= 4 is 23.2 Å². The lowest BCUT2D eigenvalue weighted by Crippen LogP contribution is -2.43. The highest BCUT2D eigenvalue weighted by atomic mass is 16.5. The van der Waals surface area contributed by atoms with Crippen LogP contribution in [0.5, 0.6) is 5.75 Å². The van der Waals surface area contributed by atoms with Gasteiger partial charge in [0.25, 0.3) is 5.91 Å². The molecule has 0 unspecified atom stereocenters. The molecule has 0 radical (unpaired) electrons. The Bertz CT molecular complexity index is 678. The largest absolute Gasteiger partial charge is 0.482 e. The summed E-state index contributed by atoms with van der Waals surface area (Å²) in [6, 6.07) is 5.60. The van der Waals surface area contributed by atoms with E-state index in [1.165, 1.54) is 19.3 Å². The molecule has 0 aromatic heterocycles. The Morgan fingerprint density at radius 3 is 2.67 bits per heavy atom. The first kappa shape index (κ1) is 19.7. The van der Waals surface area contributed by atoms with E-state index in [1.807, 2.05) is 32.0 Å². The Morgan fingerprint density at radius 2 is 2.00 bits per heavy atom. The van der Waals surface area contributed by atoms with E-state index in [1.54, 1.807) is 4.90 Å². The third kappa shape index (κ3) is 4.63. The minimum atomic E-state index is -0.0496. The molecule has 5 heteroatoms. The minimum Gasteiger partial charge on any atom is -0.482 e. The number of anilines is 2. The number of nitrogens with zero attached hydrogens (tertiary/aromatic N) is 1. The lowest BCUT2D eigenvalue weighted by Gasteiger charge is -2.33. The van der Waals surface area contributed by atoms with E-state index >= 15 is 0 Å². The van der Waals surface area contributed by atoms with Crippen LogP contribution in [-0.4, -0.2) is 24.5 Å². The molecule has 1 N–H and O–H groups in total. The van der Waals surface area contributed by atoms with Gasteiger partial charge in [-0.2, -0.15) is 0 Å².